The van der Waals surface area contributed by atoms with Gasteiger partial charge >= 0.3 is 6.09 Å². The zero-order valence-electron chi connectivity index (χ0n) is 8.12. The predicted molar refractivity (Wildman–Crippen MR) is 51.7 cm³/mol. The molecular weight excluding hydrogens is 182 g/mol. The second kappa shape index (κ2) is 6.28. The number of terminal acetylenes is 1. The molecule has 78 valence electrons. The first kappa shape index (κ1) is 10.9. The number of hydrogen-bond acceptors (Lipinski definition) is 3. The minimum Gasteiger partial charge on any atom is -0.436 e. The van der Waals surface area contributed by atoms with Crippen molar-refractivity contribution in [3.05, 3.63) is 0 Å². The average Bonchev–Trinajstić information content (AvgIpc) is 2.25. The number of ether oxygens (including phenoxy) is 2. The van der Waals surface area contributed by atoms with Crippen molar-refractivity contribution in [3.63, 3.8) is 0 Å². The van der Waals surface area contributed by atoms with Gasteiger partial charge in [-0.15, -0.1) is 6.42 Å². The van der Waals surface area contributed by atoms with E-state index in [0.29, 0.717) is 12.5 Å². The normalized spacial score (nSPS) is 17.1. The third-order valence-corrected chi connectivity index (χ3v) is 2.16. The molecule has 0 bridgehead atoms. The lowest BCUT2D eigenvalue weighted by Gasteiger charge is -2.21. The van der Waals surface area contributed by atoms with Crippen molar-refractivity contribution in [1.82, 2.24) is 5.32 Å². The van der Waals surface area contributed by atoms with E-state index in [0.717, 1.165) is 26.1 Å². The molecule has 4 nitrogen and oxygen atoms in total. The molecule has 4 heteroatoms. The summed E-state index contributed by atoms with van der Waals surface area (Å²) >= 11 is 0. The lowest BCUT2D eigenvalue weighted by atomic mass is 10.0. The summed E-state index contributed by atoms with van der Waals surface area (Å²) in [5, 5.41) is 2.67. The number of rotatable bonds is 3. The molecule has 1 saturated heterocycles. The summed E-state index contributed by atoms with van der Waals surface area (Å²) in [6.45, 7) is 2.24. The molecule has 0 atom stereocenters. The van der Waals surface area contributed by atoms with Gasteiger partial charge in [0.25, 0.3) is 0 Å². The van der Waals surface area contributed by atoms with Crippen molar-refractivity contribution in [3.8, 4) is 12.3 Å². The van der Waals surface area contributed by atoms with Crippen LogP contribution in [0.3, 0.4) is 0 Å². The molecular formula is C10H15NO3. The van der Waals surface area contributed by atoms with E-state index in [1.54, 1.807) is 0 Å². The van der Waals surface area contributed by atoms with Gasteiger partial charge in [0.05, 0.1) is 0 Å². The zero-order valence-corrected chi connectivity index (χ0v) is 8.12. The molecule has 0 saturated carbocycles. The molecule has 0 radical (unpaired) electrons. The van der Waals surface area contributed by atoms with Crippen LogP contribution < -0.4 is 5.32 Å². The van der Waals surface area contributed by atoms with E-state index in [-0.39, 0.29) is 6.61 Å². The molecule has 1 heterocycles. The minimum atomic E-state index is -0.436. The Labute approximate surface area is 84.0 Å². The summed E-state index contributed by atoms with van der Waals surface area (Å²) in [6, 6.07) is 0. The largest absolute Gasteiger partial charge is 0.436 e. The van der Waals surface area contributed by atoms with Gasteiger partial charge in [0.2, 0.25) is 0 Å². The topological polar surface area (TPSA) is 47.6 Å². The number of carbonyl (C=O) groups is 1. The lowest BCUT2D eigenvalue weighted by Crippen LogP contribution is -2.32. The van der Waals surface area contributed by atoms with Crippen molar-refractivity contribution < 1.29 is 14.3 Å². The fourth-order valence-corrected chi connectivity index (χ4v) is 1.34. The van der Waals surface area contributed by atoms with E-state index < -0.39 is 6.09 Å². The number of carbonyl (C=O) groups excluding carboxylic acids is 1. The summed E-state index contributed by atoms with van der Waals surface area (Å²) in [4.78, 5) is 11.0. The Morgan fingerprint density at radius 2 is 2.29 bits per heavy atom. The fourth-order valence-electron chi connectivity index (χ4n) is 1.34. The van der Waals surface area contributed by atoms with Gasteiger partial charge < -0.3 is 14.8 Å². The maximum atomic E-state index is 11.0. The van der Waals surface area contributed by atoms with E-state index in [4.69, 9.17) is 11.2 Å². The van der Waals surface area contributed by atoms with Gasteiger partial charge in [0.1, 0.15) is 0 Å². The first-order valence-electron chi connectivity index (χ1n) is 4.74. The highest BCUT2D eigenvalue weighted by Gasteiger charge is 2.14. The minimum absolute atomic E-state index is 0.0274. The average molecular weight is 197 g/mol. The maximum absolute atomic E-state index is 11.0. The van der Waals surface area contributed by atoms with Crippen LogP contribution in [0.5, 0.6) is 0 Å². The van der Waals surface area contributed by atoms with E-state index in [2.05, 4.69) is 16.0 Å². The second-order valence-electron chi connectivity index (χ2n) is 3.22. The third kappa shape index (κ3) is 4.15. The SMILES string of the molecule is C#CCOC(=O)NCC1CCOCC1. The van der Waals surface area contributed by atoms with Crippen LogP contribution in [0.15, 0.2) is 0 Å². The Morgan fingerprint density at radius 1 is 1.57 bits per heavy atom. The van der Waals surface area contributed by atoms with Gasteiger partial charge in [-0.3, -0.25) is 0 Å². The Kier molecular flexibility index (Phi) is 4.87. The summed E-state index contributed by atoms with van der Waals surface area (Å²) in [7, 11) is 0. The first-order valence-corrected chi connectivity index (χ1v) is 4.74. The number of hydrogen-bond donors (Lipinski definition) is 1. The molecule has 1 N–H and O–H groups in total. The number of amides is 1. The van der Waals surface area contributed by atoms with Crippen LogP contribution in [0.1, 0.15) is 12.8 Å². The molecule has 0 unspecified atom stereocenters. The third-order valence-electron chi connectivity index (χ3n) is 2.16. The Morgan fingerprint density at radius 3 is 2.93 bits per heavy atom. The summed E-state index contributed by atoms with van der Waals surface area (Å²) in [5.41, 5.74) is 0. The van der Waals surface area contributed by atoms with Crippen molar-refractivity contribution >= 4 is 6.09 Å². The van der Waals surface area contributed by atoms with Crippen LogP contribution in [0.4, 0.5) is 4.79 Å². The van der Waals surface area contributed by atoms with Crippen LogP contribution in [-0.4, -0.2) is 32.5 Å². The van der Waals surface area contributed by atoms with Crippen LogP contribution in [-0.2, 0) is 9.47 Å². The smallest absolute Gasteiger partial charge is 0.408 e. The molecule has 1 fully saturated rings. The van der Waals surface area contributed by atoms with Gasteiger partial charge in [0, 0.05) is 19.8 Å². The van der Waals surface area contributed by atoms with Crippen LogP contribution >= 0.6 is 0 Å². The van der Waals surface area contributed by atoms with Crippen molar-refractivity contribution in [2.45, 2.75) is 12.8 Å². The van der Waals surface area contributed by atoms with E-state index in [1.165, 1.54) is 0 Å². The highest BCUT2D eigenvalue weighted by Crippen LogP contribution is 2.12. The van der Waals surface area contributed by atoms with E-state index in [1.807, 2.05) is 0 Å². The summed E-state index contributed by atoms with van der Waals surface area (Å²) in [5.74, 6) is 2.74. The Bertz CT molecular complexity index is 216. The van der Waals surface area contributed by atoms with Gasteiger partial charge in [-0.05, 0) is 18.8 Å². The van der Waals surface area contributed by atoms with E-state index in [9.17, 15) is 4.79 Å². The molecule has 0 aromatic heterocycles. The van der Waals surface area contributed by atoms with Crippen LogP contribution in [0, 0.1) is 18.3 Å². The molecule has 1 aliphatic heterocycles. The van der Waals surface area contributed by atoms with Gasteiger partial charge in [-0.1, -0.05) is 5.92 Å². The molecule has 1 amide bonds. The molecule has 0 aliphatic carbocycles. The van der Waals surface area contributed by atoms with Gasteiger partial charge in [0.15, 0.2) is 6.61 Å². The molecule has 0 aromatic rings. The van der Waals surface area contributed by atoms with E-state index >= 15 is 0 Å². The van der Waals surface area contributed by atoms with Gasteiger partial charge in [-0.2, -0.15) is 0 Å². The van der Waals surface area contributed by atoms with Crippen LogP contribution in [0.2, 0.25) is 0 Å². The number of alkyl carbamates (subject to hydrolysis) is 1. The molecule has 14 heavy (non-hydrogen) atoms. The van der Waals surface area contributed by atoms with Crippen LogP contribution in [0.25, 0.3) is 0 Å². The molecule has 1 rings (SSSR count). The number of nitrogens with one attached hydrogen (secondary N) is 1. The summed E-state index contributed by atoms with van der Waals surface area (Å²) in [6.07, 6.45) is 6.50. The highest BCUT2D eigenvalue weighted by molar-refractivity contribution is 5.67. The molecule has 0 spiro atoms. The second-order valence-corrected chi connectivity index (χ2v) is 3.22. The van der Waals surface area contributed by atoms with Crippen molar-refractivity contribution in [2.75, 3.05) is 26.4 Å². The Balaban J connectivity index is 2.07. The zero-order chi connectivity index (χ0) is 10.2. The monoisotopic (exact) mass is 197 g/mol. The summed E-state index contributed by atoms with van der Waals surface area (Å²) < 4.78 is 9.87. The molecule has 0 aromatic carbocycles. The standard InChI is InChI=1S/C10H15NO3/c1-2-5-14-10(12)11-8-9-3-6-13-7-4-9/h1,9H,3-8H2,(H,11,12). The van der Waals surface area contributed by atoms with Crippen molar-refractivity contribution in [2.24, 2.45) is 5.92 Å². The quantitative estimate of drug-likeness (QED) is 0.680. The lowest BCUT2D eigenvalue weighted by molar-refractivity contribution is 0.0655. The molecule has 1 aliphatic rings. The highest BCUT2D eigenvalue weighted by atomic mass is 16.5. The predicted octanol–water partition coefficient (Wildman–Crippen LogP) is 0.772. The van der Waals surface area contributed by atoms with Gasteiger partial charge in [-0.25, -0.2) is 4.79 Å². The maximum Gasteiger partial charge on any atom is 0.408 e. The first-order chi connectivity index (χ1) is 6.83. The Hall–Kier alpha value is -1.21. The fraction of sp³-hybridized carbons (Fsp3) is 0.700. The van der Waals surface area contributed by atoms with Crippen molar-refractivity contribution in [1.29, 1.82) is 0 Å².